The molecule has 0 bridgehead atoms. The molecule has 0 spiro atoms. The number of hydrogen-bond acceptors (Lipinski definition) is 2. The lowest BCUT2D eigenvalue weighted by atomic mass is 9.97. The molecule has 1 fully saturated rings. The first-order chi connectivity index (χ1) is 13.1. The van der Waals surface area contributed by atoms with Gasteiger partial charge in [-0.15, -0.1) is 0 Å². The number of aryl methyl sites for hydroxylation is 2. The number of carbonyl (C=O) groups excluding carboxylic acids is 1. The zero-order chi connectivity index (χ0) is 18.8. The van der Waals surface area contributed by atoms with Gasteiger partial charge in [-0.3, -0.25) is 0 Å². The van der Waals surface area contributed by atoms with Gasteiger partial charge in [-0.2, -0.15) is 0 Å². The molecule has 0 atom stereocenters. The number of amides is 2. The Hall–Kier alpha value is -2.82. The van der Waals surface area contributed by atoms with Crippen LogP contribution in [0.15, 0.2) is 48.8 Å². The van der Waals surface area contributed by atoms with Gasteiger partial charge in [0.05, 0.1) is 17.4 Å². The topological polar surface area (TPSA) is 50.2 Å². The molecule has 1 saturated heterocycles. The predicted molar refractivity (Wildman–Crippen MR) is 109 cm³/mol. The Morgan fingerprint density at radius 3 is 2.67 bits per heavy atom. The first-order valence-corrected chi connectivity index (χ1v) is 9.63. The van der Waals surface area contributed by atoms with Crippen LogP contribution in [0.4, 0.5) is 10.5 Å². The Morgan fingerprint density at radius 1 is 1.11 bits per heavy atom. The highest BCUT2D eigenvalue weighted by Crippen LogP contribution is 2.23. The Bertz CT molecular complexity index is 954. The van der Waals surface area contributed by atoms with Crippen molar-refractivity contribution < 1.29 is 4.79 Å². The highest BCUT2D eigenvalue weighted by molar-refractivity contribution is 5.89. The second-order valence-corrected chi connectivity index (χ2v) is 7.55. The van der Waals surface area contributed by atoms with E-state index in [1.807, 2.05) is 41.6 Å². The van der Waals surface area contributed by atoms with Gasteiger partial charge in [-0.25, -0.2) is 9.78 Å². The molecule has 2 aromatic carbocycles. The second-order valence-electron chi connectivity index (χ2n) is 7.55. The Kier molecular flexibility index (Phi) is 4.84. The quantitative estimate of drug-likeness (QED) is 0.740. The largest absolute Gasteiger partial charge is 0.330 e. The summed E-state index contributed by atoms with van der Waals surface area (Å²) in [6.07, 6.45) is 3.98. The summed E-state index contributed by atoms with van der Waals surface area (Å²) >= 11 is 0. The maximum absolute atomic E-state index is 12.6. The SMILES string of the molecule is Cc1ccc(NC(=O)N2CCC(Cn3cnc4ccccc43)CC2)cc1C. The van der Waals surface area contributed by atoms with Gasteiger partial charge in [0.2, 0.25) is 0 Å². The minimum atomic E-state index is 0.00443. The summed E-state index contributed by atoms with van der Waals surface area (Å²) in [5, 5.41) is 3.04. The van der Waals surface area contributed by atoms with Gasteiger partial charge in [0.15, 0.2) is 0 Å². The number of anilines is 1. The summed E-state index contributed by atoms with van der Waals surface area (Å²) in [7, 11) is 0. The number of benzene rings is 2. The number of imidazole rings is 1. The first-order valence-electron chi connectivity index (χ1n) is 9.63. The molecule has 2 amide bonds. The normalized spacial score (nSPS) is 15.3. The first kappa shape index (κ1) is 17.6. The minimum absolute atomic E-state index is 0.00443. The van der Waals surface area contributed by atoms with Crippen molar-refractivity contribution in [3.05, 3.63) is 59.9 Å². The molecule has 0 unspecified atom stereocenters. The van der Waals surface area contributed by atoms with E-state index in [2.05, 4.69) is 40.8 Å². The molecule has 5 nitrogen and oxygen atoms in total. The van der Waals surface area contributed by atoms with E-state index in [9.17, 15) is 4.79 Å². The van der Waals surface area contributed by atoms with Gasteiger partial charge < -0.3 is 14.8 Å². The number of aromatic nitrogens is 2. The van der Waals surface area contributed by atoms with Crippen LogP contribution in [0.1, 0.15) is 24.0 Å². The standard InChI is InChI=1S/C22H26N4O/c1-16-7-8-19(13-17(16)2)24-22(27)25-11-9-18(10-12-25)14-26-15-23-20-5-3-4-6-21(20)26/h3-8,13,15,18H,9-12,14H2,1-2H3,(H,24,27). The van der Waals surface area contributed by atoms with Crippen molar-refractivity contribution in [3.8, 4) is 0 Å². The van der Waals surface area contributed by atoms with Crippen LogP contribution >= 0.6 is 0 Å². The van der Waals surface area contributed by atoms with Crippen LogP contribution in [-0.4, -0.2) is 33.6 Å². The third-order valence-corrected chi connectivity index (χ3v) is 5.64. The van der Waals surface area contributed by atoms with Gasteiger partial charge in [-0.1, -0.05) is 18.2 Å². The van der Waals surface area contributed by atoms with Crippen molar-refractivity contribution in [2.24, 2.45) is 5.92 Å². The maximum Gasteiger partial charge on any atom is 0.321 e. The van der Waals surface area contributed by atoms with Crippen LogP contribution < -0.4 is 5.32 Å². The highest BCUT2D eigenvalue weighted by Gasteiger charge is 2.23. The minimum Gasteiger partial charge on any atom is -0.330 e. The third-order valence-electron chi connectivity index (χ3n) is 5.64. The summed E-state index contributed by atoms with van der Waals surface area (Å²) in [6, 6.07) is 14.3. The number of hydrogen-bond donors (Lipinski definition) is 1. The van der Waals surface area contributed by atoms with Gasteiger partial charge in [-0.05, 0) is 68.0 Å². The van der Waals surface area contributed by atoms with Crippen molar-refractivity contribution >= 4 is 22.8 Å². The maximum atomic E-state index is 12.6. The van der Waals surface area contributed by atoms with E-state index in [1.165, 1.54) is 16.6 Å². The van der Waals surface area contributed by atoms with Crippen LogP contribution in [0.2, 0.25) is 0 Å². The summed E-state index contributed by atoms with van der Waals surface area (Å²) in [5.41, 5.74) is 5.53. The molecule has 0 saturated carbocycles. The fraction of sp³-hybridized carbons (Fsp3) is 0.364. The van der Waals surface area contributed by atoms with Crippen LogP contribution in [0, 0.1) is 19.8 Å². The van der Waals surface area contributed by atoms with Gasteiger partial charge >= 0.3 is 6.03 Å². The average molecular weight is 362 g/mol. The van der Waals surface area contributed by atoms with Crippen LogP contribution in [0.5, 0.6) is 0 Å². The Morgan fingerprint density at radius 2 is 1.89 bits per heavy atom. The molecule has 2 heterocycles. The zero-order valence-corrected chi connectivity index (χ0v) is 16.0. The molecule has 1 aliphatic heterocycles. The molecular formula is C22H26N4O. The van der Waals surface area contributed by atoms with Crippen LogP contribution in [0.25, 0.3) is 11.0 Å². The van der Waals surface area contributed by atoms with Crippen molar-refractivity contribution in [2.45, 2.75) is 33.2 Å². The summed E-state index contributed by atoms with van der Waals surface area (Å²) < 4.78 is 2.24. The van der Waals surface area contributed by atoms with Crippen LogP contribution in [0.3, 0.4) is 0 Å². The molecule has 0 aliphatic carbocycles. The van der Waals surface area contributed by atoms with Crippen molar-refractivity contribution in [3.63, 3.8) is 0 Å². The number of fused-ring (bicyclic) bond motifs is 1. The molecule has 4 rings (SSSR count). The molecular weight excluding hydrogens is 336 g/mol. The van der Waals surface area contributed by atoms with Gasteiger partial charge in [0.25, 0.3) is 0 Å². The fourth-order valence-corrected chi connectivity index (χ4v) is 3.77. The zero-order valence-electron chi connectivity index (χ0n) is 16.0. The summed E-state index contributed by atoms with van der Waals surface area (Å²) in [4.78, 5) is 19.0. The van der Waals surface area contributed by atoms with Gasteiger partial charge in [0.1, 0.15) is 0 Å². The molecule has 27 heavy (non-hydrogen) atoms. The summed E-state index contributed by atoms with van der Waals surface area (Å²) in [5.74, 6) is 0.577. The van der Waals surface area contributed by atoms with Crippen molar-refractivity contribution in [1.82, 2.24) is 14.5 Å². The molecule has 1 aromatic heterocycles. The van der Waals surface area contributed by atoms with Crippen LogP contribution in [-0.2, 0) is 6.54 Å². The average Bonchev–Trinajstić information content (AvgIpc) is 3.08. The molecule has 5 heteroatoms. The predicted octanol–water partition coefficient (Wildman–Crippen LogP) is 4.60. The van der Waals surface area contributed by atoms with E-state index >= 15 is 0 Å². The smallest absolute Gasteiger partial charge is 0.321 e. The van der Waals surface area contributed by atoms with Crippen molar-refractivity contribution in [1.29, 1.82) is 0 Å². The number of urea groups is 1. The Labute approximate surface area is 160 Å². The monoisotopic (exact) mass is 362 g/mol. The fourth-order valence-electron chi connectivity index (χ4n) is 3.77. The Balaban J connectivity index is 1.33. The molecule has 3 aromatic rings. The van der Waals surface area contributed by atoms with E-state index < -0.39 is 0 Å². The lowest BCUT2D eigenvalue weighted by Gasteiger charge is -2.32. The number of nitrogens with zero attached hydrogens (tertiary/aromatic N) is 3. The molecule has 140 valence electrons. The van der Waals surface area contributed by atoms with E-state index in [1.54, 1.807) is 0 Å². The third kappa shape index (κ3) is 3.82. The lowest BCUT2D eigenvalue weighted by molar-refractivity contribution is 0.177. The molecule has 1 N–H and O–H groups in total. The second kappa shape index (κ2) is 7.43. The number of likely N-dealkylation sites (tertiary alicyclic amines) is 1. The van der Waals surface area contributed by atoms with Gasteiger partial charge in [0, 0.05) is 25.3 Å². The molecule has 0 radical (unpaired) electrons. The molecule has 1 aliphatic rings. The van der Waals surface area contributed by atoms with E-state index in [0.717, 1.165) is 43.7 Å². The number of nitrogens with one attached hydrogen (secondary N) is 1. The number of para-hydroxylation sites is 2. The van der Waals surface area contributed by atoms with E-state index in [0.29, 0.717) is 5.92 Å². The van der Waals surface area contributed by atoms with E-state index in [-0.39, 0.29) is 6.03 Å². The summed E-state index contributed by atoms with van der Waals surface area (Å²) in [6.45, 7) is 6.71. The van der Waals surface area contributed by atoms with E-state index in [4.69, 9.17) is 0 Å². The van der Waals surface area contributed by atoms with Crippen molar-refractivity contribution in [2.75, 3.05) is 18.4 Å². The number of carbonyl (C=O) groups is 1. The lowest BCUT2D eigenvalue weighted by Crippen LogP contribution is -2.41. The number of piperidine rings is 1. The highest BCUT2D eigenvalue weighted by atomic mass is 16.2. The number of rotatable bonds is 3.